The minimum atomic E-state index is -0.388. The van der Waals surface area contributed by atoms with Crippen LogP contribution in [0, 0.1) is 5.82 Å². The summed E-state index contributed by atoms with van der Waals surface area (Å²) in [7, 11) is 0. The van der Waals surface area contributed by atoms with E-state index in [1.807, 2.05) is 4.57 Å². The van der Waals surface area contributed by atoms with Crippen LogP contribution in [0.1, 0.15) is 38.3 Å². The second-order valence-corrected chi connectivity index (χ2v) is 7.89. The molecule has 1 saturated carbocycles. The predicted molar refractivity (Wildman–Crippen MR) is 107 cm³/mol. The summed E-state index contributed by atoms with van der Waals surface area (Å²) in [6, 6.07) is 3.91. The van der Waals surface area contributed by atoms with E-state index in [4.69, 9.17) is 0 Å². The van der Waals surface area contributed by atoms with Crippen LogP contribution in [-0.4, -0.2) is 46.8 Å². The van der Waals surface area contributed by atoms with Gasteiger partial charge in [-0.05, 0) is 38.8 Å². The molecule has 0 amide bonds. The first-order valence-corrected chi connectivity index (χ1v) is 9.62. The second kappa shape index (κ2) is 6.68. The maximum absolute atomic E-state index is 14.9. The molecule has 1 aromatic heterocycles. The summed E-state index contributed by atoms with van der Waals surface area (Å²) in [4.78, 5) is 17.1. The quantitative estimate of drug-likeness (QED) is 0.836. The third kappa shape index (κ3) is 3.23. The SMILES string of the molecule is C=C(O)c1cn(C2CC2)c2cc(N3CCN(C(C)C)CC3)c(F)cc2c1=O. The van der Waals surface area contributed by atoms with Crippen molar-refractivity contribution in [3.05, 3.63) is 46.5 Å². The molecule has 1 N–H and O–H groups in total. The first kappa shape index (κ1) is 18.0. The van der Waals surface area contributed by atoms with Gasteiger partial charge in [-0.15, -0.1) is 0 Å². The Morgan fingerprint density at radius 1 is 1.22 bits per heavy atom. The number of benzene rings is 1. The van der Waals surface area contributed by atoms with Crippen molar-refractivity contribution < 1.29 is 9.50 Å². The van der Waals surface area contributed by atoms with Crippen molar-refractivity contribution >= 4 is 22.3 Å². The zero-order chi connectivity index (χ0) is 19.3. The Morgan fingerprint density at radius 2 is 1.89 bits per heavy atom. The molecule has 1 aromatic carbocycles. The van der Waals surface area contributed by atoms with Gasteiger partial charge in [-0.3, -0.25) is 9.69 Å². The monoisotopic (exact) mass is 371 g/mol. The van der Waals surface area contributed by atoms with Gasteiger partial charge >= 0.3 is 0 Å². The Balaban J connectivity index is 1.79. The lowest BCUT2D eigenvalue weighted by molar-refractivity contribution is 0.209. The molecule has 0 atom stereocenters. The number of hydrogen-bond acceptors (Lipinski definition) is 4. The topological polar surface area (TPSA) is 48.7 Å². The smallest absolute Gasteiger partial charge is 0.200 e. The highest BCUT2D eigenvalue weighted by Crippen LogP contribution is 2.38. The van der Waals surface area contributed by atoms with Crippen LogP contribution >= 0.6 is 0 Å². The molecule has 1 saturated heterocycles. The number of piperazine rings is 1. The fourth-order valence-electron chi connectivity index (χ4n) is 3.94. The first-order chi connectivity index (χ1) is 12.9. The molecular weight excluding hydrogens is 345 g/mol. The van der Waals surface area contributed by atoms with Crippen molar-refractivity contribution in [1.82, 2.24) is 9.47 Å². The van der Waals surface area contributed by atoms with Gasteiger partial charge in [0.2, 0.25) is 0 Å². The fraction of sp³-hybridized carbons (Fsp3) is 0.476. The fourth-order valence-corrected chi connectivity index (χ4v) is 3.94. The Hall–Kier alpha value is -2.34. The molecule has 0 radical (unpaired) electrons. The Bertz CT molecular complexity index is 954. The molecule has 2 heterocycles. The lowest BCUT2D eigenvalue weighted by atomic mass is 10.1. The van der Waals surface area contributed by atoms with Gasteiger partial charge in [-0.2, -0.15) is 0 Å². The maximum atomic E-state index is 14.9. The van der Waals surface area contributed by atoms with E-state index in [-0.39, 0.29) is 22.6 Å². The molecule has 0 spiro atoms. The van der Waals surface area contributed by atoms with Gasteiger partial charge in [-0.25, -0.2) is 4.39 Å². The molecule has 0 unspecified atom stereocenters. The van der Waals surface area contributed by atoms with Crippen LogP contribution in [-0.2, 0) is 0 Å². The highest BCUT2D eigenvalue weighted by Gasteiger charge is 2.28. The molecule has 0 bridgehead atoms. The van der Waals surface area contributed by atoms with E-state index in [0.717, 1.165) is 44.5 Å². The highest BCUT2D eigenvalue weighted by atomic mass is 19.1. The summed E-state index contributed by atoms with van der Waals surface area (Å²) in [5, 5.41) is 10.1. The minimum absolute atomic E-state index is 0.145. The average Bonchev–Trinajstić information content (AvgIpc) is 3.47. The van der Waals surface area contributed by atoms with Crippen molar-refractivity contribution in [2.75, 3.05) is 31.1 Å². The molecule has 144 valence electrons. The van der Waals surface area contributed by atoms with Crippen molar-refractivity contribution in [1.29, 1.82) is 0 Å². The summed E-state index contributed by atoms with van der Waals surface area (Å²) in [5.74, 6) is -0.661. The third-order valence-electron chi connectivity index (χ3n) is 5.74. The Labute approximate surface area is 158 Å². The van der Waals surface area contributed by atoms with Crippen LogP contribution in [0.5, 0.6) is 0 Å². The van der Waals surface area contributed by atoms with E-state index in [1.165, 1.54) is 6.07 Å². The van der Waals surface area contributed by atoms with Gasteiger partial charge in [0.05, 0.1) is 16.8 Å². The van der Waals surface area contributed by atoms with Gasteiger partial charge in [0, 0.05) is 49.8 Å². The van der Waals surface area contributed by atoms with Crippen molar-refractivity contribution in [3.8, 4) is 0 Å². The van der Waals surface area contributed by atoms with E-state index in [2.05, 4.69) is 30.2 Å². The lowest BCUT2D eigenvalue weighted by Gasteiger charge is -2.38. The van der Waals surface area contributed by atoms with Crippen LogP contribution in [0.2, 0.25) is 0 Å². The zero-order valence-electron chi connectivity index (χ0n) is 15.9. The number of pyridine rings is 1. The highest BCUT2D eigenvalue weighted by molar-refractivity contribution is 5.85. The summed E-state index contributed by atoms with van der Waals surface area (Å²) in [6.45, 7) is 11.2. The van der Waals surface area contributed by atoms with E-state index < -0.39 is 0 Å². The Kier molecular flexibility index (Phi) is 4.46. The van der Waals surface area contributed by atoms with E-state index in [1.54, 1.807) is 12.3 Å². The van der Waals surface area contributed by atoms with E-state index in [9.17, 15) is 14.3 Å². The van der Waals surface area contributed by atoms with Gasteiger partial charge in [0.1, 0.15) is 11.6 Å². The third-order valence-corrected chi connectivity index (χ3v) is 5.74. The number of anilines is 1. The van der Waals surface area contributed by atoms with Crippen molar-refractivity contribution in [2.45, 2.75) is 38.8 Å². The second-order valence-electron chi connectivity index (χ2n) is 7.89. The van der Waals surface area contributed by atoms with Crippen LogP contribution < -0.4 is 10.3 Å². The molecule has 4 rings (SSSR count). The Morgan fingerprint density at radius 3 is 2.44 bits per heavy atom. The largest absolute Gasteiger partial charge is 0.508 e. The predicted octanol–water partition coefficient (Wildman–Crippen LogP) is 3.53. The molecule has 2 aliphatic rings. The minimum Gasteiger partial charge on any atom is -0.508 e. The molecule has 5 nitrogen and oxygen atoms in total. The number of fused-ring (bicyclic) bond motifs is 1. The summed E-state index contributed by atoms with van der Waals surface area (Å²) in [6.07, 6.45) is 3.72. The van der Waals surface area contributed by atoms with Crippen LogP contribution in [0.3, 0.4) is 0 Å². The van der Waals surface area contributed by atoms with E-state index in [0.29, 0.717) is 23.2 Å². The van der Waals surface area contributed by atoms with Crippen molar-refractivity contribution in [3.63, 3.8) is 0 Å². The molecule has 1 aliphatic heterocycles. The molecule has 1 aliphatic carbocycles. The van der Waals surface area contributed by atoms with Gasteiger partial charge < -0.3 is 14.6 Å². The number of aliphatic hydroxyl groups is 1. The number of hydrogen-bond donors (Lipinski definition) is 1. The average molecular weight is 371 g/mol. The zero-order valence-corrected chi connectivity index (χ0v) is 15.9. The number of aliphatic hydroxyl groups excluding tert-OH is 1. The molecule has 2 fully saturated rings. The van der Waals surface area contributed by atoms with Crippen LogP contribution in [0.15, 0.2) is 29.7 Å². The summed E-state index contributed by atoms with van der Waals surface area (Å²) in [5.41, 5.74) is 1.06. The maximum Gasteiger partial charge on any atom is 0.200 e. The number of aromatic nitrogens is 1. The molecular formula is C21H26FN3O2. The molecule has 27 heavy (non-hydrogen) atoms. The lowest BCUT2D eigenvalue weighted by Crippen LogP contribution is -2.49. The number of nitrogens with zero attached hydrogens (tertiary/aromatic N) is 3. The number of rotatable bonds is 4. The van der Waals surface area contributed by atoms with Gasteiger partial charge in [0.25, 0.3) is 0 Å². The van der Waals surface area contributed by atoms with Gasteiger partial charge in [-0.1, -0.05) is 6.58 Å². The van der Waals surface area contributed by atoms with E-state index >= 15 is 0 Å². The summed E-state index contributed by atoms with van der Waals surface area (Å²) >= 11 is 0. The van der Waals surface area contributed by atoms with Crippen LogP contribution in [0.4, 0.5) is 10.1 Å². The van der Waals surface area contributed by atoms with Crippen molar-refractivity contribution in [2.24, 2.45) is 0 Å². The summed E-state index contributed by atoms with van der Waals surface area (Å²) < 4.78 is 16.9. The standard InChI is InChI=1S/C21H26FN3O2/c1-13(2)23-6-8-24(9-7-23)20-11-19-16(10-18(20)22)21(27)17(14(3)26)12-25(19)15-4-5-15/h10-13,15,26H,3-9H2,1-2H3. The van der Waals surface area contributed by atoms with Gasteiger partial charge in [0.15, 0.2) is 5.43 Å². The molecule has 2 aromatic rings. The van der Waals surface area contributed by atoms with Crippen LogP contribution in [0.25, 0.3) is 16.7 Å². The normalized spacial score (nSPS) is 18.4. The first-order valence-electron chi connectivity index (χ1n) is 9.62. The molecule has 6 heteroatoms. The number of halogens is 1.